The highest BCUT2D eigenvalue weighted by Gasteiger charge is 2.25. The maximum absolute atomic E-state index is 12.9. The topological polar surface area (TPSA) is 66.4 Å². The lowest BCUT2D eigenvalue weighted by Gasteiger charge is -2.32. The van der Waals surface area contributed by atoms with E-state index < -0.39 is 0 Å². The van der Waals surface area contributed by atoms with Crippen LogP contribution in [0.25, 0.3) is 0 Å². The fourth-order valence-corrected chi connectivity index (χ4v) is 5.54. The molecule has 0 bridgehead atoms. The van der Waals surface area contributed by atoms with Crippen molar-refractivity contribution in [3.63, 3.8) is 0 Å². The Hall–Kier alpha value is -3.38. The van der Waals surface area contributed by atoms with Crippen LogP contribution in [0.4, 0.5) is 11.5 Å². The molecule has 36 heavy (non-hydrogen) atoms. The van der Waals surface area contributed by atoms with Gasteiger partial charge in [-0.05, 0) is 87.4 Å². The van der Waals surface area contributed by atoms with Crippen LogP contribution in [0.1, 0.15) is 66.2 Å². The maximum atomic E-state index is 12.9. The standard InChI is InChI=1S/C30H34N4O2/c1-22(35)34(30-27-8-5-9-28(27)31-21-32-30)26-13-11-25(12-14-26)29(36)15-10-23-16-18-33(19-17-23)20-24-6-3-2-4-7-24/h2-4,6-7,11-14,21,23H,5,8-10,15-20H2,1H3. The second kappa shape index (κ2) is 11.1. The van der Waals surface area contributed by atoms with Gasteiger partial charge in [-0.3, -0.25) is 19.4 Å². The summed E-state index contributed by atoms with van der Waals surface area (Å²) in [4.78, 5) is 38.5. The molecule has 0 saturated carbocycles. The highest BCUT2D eigenvalue weighted by Crippen LogP contribution is 2.33. The largest absolute Gasteiger partial charge is 0.299 e. The van der Waals surface area contributed by atoms with Crippen LogP contribution in [0.5, 0.6) is 0 Å². The van der Waals surface area contributed by atoms with Crippen LogP contribution in [-0.2, 0) is 24.2 Å². The molecule has 1 aliphatic carbocycles. The molecule has 6 nitrogen and oxygen atoms in total. The number of likely N-dealkylation sites (tertiary alicyclic amines) is 1. The summed E-state index contributed by atoms with van der Waals surface area (Å²) < 4.78 is 0. The van der Waals surface area contributed by atoms with E-state index in [1.54, 1.807) is 18.2 Å². The molecule has 2 aromatic carbocycles. The van der Waals surface area contributed by atoms with Gasteiger partial charge in [0.2, 0.25) is 5.91 Å². The van der Waals surface area contributed by atoms with E-state index in [-0.39, 0.29) is 11.7 Å². The van der Waals surface area contributed by atoms with Crippen LogP contribution in [0.3, 0.4) is 0 Å². The van der Waals surface area contributed by atoms with Gasteiger partial charge in [-0.25, -0.2) is 9.97 Å². The molecule has 186 valence electrons. The van der Waals surface area contributed by atoms with Gasteiger partial charge in [0.15, 0.2) is 5.78 Å². The molecule has 0 spiro atoms. The first-order chi connectivity index (χ1) is 17.6. The number of rotatable bonds is 8. The number of aryl methyl sites for hydroxylation is 1. The van der Waals surface area contributed by atoms with Gasteiger partial charge in [-0.15, -0.1) is 0 Å². The minimum atomic E-state index is -0.0968. The number of hydrogen-bond donors (Lipinski definition) is 0. The Morgan fingerprint density at radius 2 is 1.72 bits per heavy atom. The van der Waals surface area contributed by atoms with Crippen molar-refractivity contribution >= 4 is 23.2 Å². The summed E-state index contributed by atoms with van der Waals surface area (Å²) in [5.74, 6) is 1.35. The smallest absolute Gasteiger partial charge is 0.229 e. The quantitative estimate of drug-likeness (QED) is 0.395. The van der Waals surface area contributed by atoms with Crippen LogP contribution in [-0.4, -0.2) is 39.6 Å². The minimum absolute atomic E-state index is 0.0968. The van der Waals surface area contributed by atoms with Crippen LogP contribution >= 0.6 is 0 Å². The van der Waals surface area contributed by atoms with Gasteiger partial charge in [-0.1, -0.05) is 30.3 Å². The molecule has 1 aromatic heterocycles. The van der Waals surface area contributed by atoms with Crippen molar-refractivity contribution in [2.45, 2.75) is 58.4 Å². The van der Waals surface area contributed by atoms with E-state index in [1.807, 2.05) is 24.3 Å². The number of Topliss-reactive ketones (excluding diaryl/α,β-unsaturated/α-hetero) is 1. The summed E-state index contributed by atoms with van der Waals surface area (Å²) in [6, 6.07) is 18.0. The molecule has 0 radical (unpaired) electrons. The number of carbonyl (C=O) groups is 2. The second-order valence-corrected chi connectivity index (χ2v) is 10.0. The fraction of sp³-hybridized carbons (Fsp3) is 0.400. The first kappa shape index (κ1) is 24.3. The summed E-state index contributed by atoms with van der Waals surface area (Å²) in [5, 5.41) is 0. The lowest BCUT2D eigenvalue weighted by atomic mass is 9.90. The molecule has 2 heterocycles. The first-order valence-electron chi connectivity index (χ1n) is 13.1. The van der Waals surface area contributed by atoms with Crippen molar-refractivity contribution in [2.75, 3.05) is 18.0 Å². The molecule has 0 N–H and O–H groups in total. The normalized spacial score (nSPS) is 16.0. The third-order valence-corrected chi connectivity index (χ3v) is 7.56. The highest BCUT2D eigenvalue weighted by molar-refractivity contribution is 6.00. The molecule has 1 amide bonds. The summed E-state index contributed by atoms with van der Waals surface area (Å²) in [6.07, 6.45) is 8.19. The molecule has 1 fully saturated rings. The van der Waals surface area contributed by atoms with Crippen molar-refractivity contribution in [1.29, 1.82) is 0 Å². The summed E-state index contributed by atoms with van der Waals surface area (Å²) in [5.41, 5.74) is 4.89. The Morgan fingerprint density at radius 1 is 0.972 bits per heavy atom. The molecule has 2 aliphatic rings. The van der Waals surface area contributed by atoms with Crippen LogP contribution in [0.15, 0.2) is 60.9 Å². The van der Waals surface area contributed by atoms with Gasteiger partial charge in [0.1, 0.15) is 12.1 Å². The molecular weight excluding hydrogens is 448 g/mol. The van der Waals surface area contributed by atoms with Crippen molar-refractivity contribution < 1.29 is 9.59 Å². The maximum Gasteiger partial charge on any atom is 0.229 e. The number of nitrogens with zero attached hydrogens (tertiary/aromatic N) is 4. The predicted molar refractivity (Wildman–Crippen MR) is 141 cm³/mol. The second-order valence-electron chi connectivity index (χ2n) is 10.0. The van der Waals surface area contributed by atoms with Gasteiger partial charge in [0.05, 0.1) is 5.69 Å². The molecule has 6 heteroatoms. The average Bonchev–Trinajstić information content (AvgIpc) is 3.39. The molecule has 1 aliphatic heterocycles. The highest BCUT2D eigenvalue weighted by atomic mass is 16.2. The zero-order chi connectivity index (χ0) is 24.9. The van der Waals surface area contributed by atoms with E-state index >= 15 is 0 Å². The van der Waals surface area contributed by atoms with Gasteiger partial charge < -0.3 is 0 Å². The Labute approximate surface area is 213 Å². The number of carbonyl (C=O) groups excluding carboxylic acids is 2. The van der Waals surface area contributed by atoms with Gasteiger partial charge >= 0.3 is 0 Å². The summed E-state index contributed by atoms with van der Waals surface area (Å²) >= 11 is 0. The molecule has 1 saturated heterocycles. The Balaban J connectivity index is 1.16. The van der Waals surface area contributed by atoms with E-state index in [9.17, 15) is 9.59 Å². The van der Waals surface area contributed by atoms with Crippen molar-refractivity contribution in [2.24, 2.45) is 5.92 Å². The zero-order valence-electron chi connectivity index (χ0n) is 21.0. The minimum Gasteiger partial charge on any atom is -0.299 e. The molecule has 3 aromatic rings. The molecule has 5 rings (SSSR count). The van der Waals surface area contributed by atoms with Gasteiger partial charge in [0, 0.05) is 36.7 Å². The first-order valence-corrected chi connectivity index (χ1v) is 13.1. The Kier molecular flexibility index (Phi) is 7.52. The van der Waals surface area contributed by atoms with Crippen molar-refractivity contribution in [1.82, 2.24) is 14.9 Å². The third-order valence-electron chi connectivity index (χ3n) is 7.56. The average molecular weight is 483 g/mol. The number of fused-ring (bicyclic) bond motifs is 1. The lowest BCUT2D eigenvalue weighted by molar-refractivity contribution is -0.115. The van der Waals surface area contributed by atoms with Gasteiger partial charge in [0.25, 0.3) is 0 Å². The van der Waals surface area contributed by atoms with E-state index in [0.29, 0.717) is 23.7 Å². The van der Waals surface area contributed by atoms with E-state index in [4.69, 9.17) is 0 Å². The Morgan fingerprint density at radius 3 is 2.44 bits per heavy atom. The number of piperidine rings is 1. The number of ketones is 1. The SMILES string of the molecule is CC(=O)N(c1ccc(C(=O)CCC2CCN(Cc3ccccc3)CC2)cc1)c1ncnc2c1CCC2. The predicted octanol–water partition coefficient (Wildman–Crippen LogP) is 5.53. The van der Waals surface area contributed by atoms with Crippen LogP contribution in [0, 0.1) is 5.92 Å². The van der Waals surface area contributed by atoms with Crippen molar-refractivity contribution in [3.05, 3.63) is 83.3 Å². The Bertz CT molecular complexity index is 1200. The number of aromatic nitrogens is 2. The number of benzene rings is 2. The number of anilines is 2. The lowest BCUT2D eigenvalue weighted by Crippen LogP contribution is -2.33. The van der Waals surface area contributed by atoms with E-state index in [0.717, 1.165) is 75.1 Å². The van der Waals surface area contributed by atoms with E-state index in [2.05, 4.69) is 45.2 Å². The molecule has 0 unspecified atom stereocenters. The fourth-order valence-electron chi connectivity index (χ4n) is 5.54. The van der Waals surface area contributed by atoms with Crippen LogP contribution < -0.4 is 4.90 Å². The van der Waals surface area contributed by atoms with Crippen LogP contribution in [0.2, 0.25) is 0 Å². The number of hydrogen-bond acceptors (Lipinski definition) is 5. The zero-order valence-corrected chi connectivity index (χ0v) is 21.0. The third kappa shape index (κ3) is 5.54. The monoisotopic (exact) mass is 482 g/mol. The summed E-state index contributed by atoms with van der Waals surface area (Å²) in [6.45, 7) is 4.74. The summed E-state index contributed by atoms with van der Waals surface area (Å²) in [7, 11) is 0. The molecular formula is C30H34N4O2. The van der Waals surface area contributed by atoms with E-state index in [1.165, 1.54) is 5.56 Å². The number of amides is 1. The van der Waals surface area contributed by atoms with Gasteiger partial charge in [-0.2, -0.15) is 0 Å². The molecule has 0 atom stereocenters. The van der Waals surface area contributed by atoms with Crippen molar-refractivity contribution in [3.8, 4) is 0 Å².